The molecule has 0 radical (unpaired) electrons. The van der Waals surface area contributed by atoms with Gasteiger partial charge in [-0.1, -0.05) is 48.4 Å². The Hall–Kier alpha value is -2.26. The van der Waals surface area contributed by atoms with Crippen LogP contribution in [0.1, 0.15) is 13.8 Å². The van der Waals surface area contributed by atoms with Crippen molar-refractivity contribution in [3.05, 3.63) is 40.4 Å². The summed E-state index contributed by atoms with van der Waals surface area (Å²) in [7, 11) is 0. The second-order valence-electron chi connectivity index (χ2n) is 7.40. The van der Waals surface area contributed by atoms with Crippen LogP contribution in [0.5, 0.6) is 17.2 Å². The lowest BCUT2D eigenvalue weighted by molar-refractivity contribution is -0.120. The normalized spacial score (nSPS) is 12.9. The second kappa shape index (κ2) is 10.8. The monoisotopic (exact) mass is 509 g/mol. The molecular weight excluding hydrogens is 485 g/mol. The zero-order valence-electron chi connectivity index (χ0n) is 18.5. The molecule has 0 N–H and O–H groups in total. The van der Waals surface area contributed by atoms with Crippen molar-refractivity contribution >= 4 is 55.8 Å². The minimum atomic E-state index is -0.204. The van der Waals surface area contributed by atoms with Crippen LogP contribution in [0.15, 0.2) is 30.3 Å². The highest BCUT2D eigenvalue weighted by Crippen LogP contribution is 2.39. The van der Waals surface area contributed by atoms with Gasteiger partial charge in [0.25, 0.3) is 5.91 Å². The molecule has 0 atom stereocenters. The zero-order valence-corrected chi connectivity index (χ0v) is 20.8. The van der Waals surface area contributed by atoms with Crippen molar-refractivity contribution in [1.82, 2.24) is 9.88 Å². The van der Waals surface area contributed by atoms with Crippen LogP contribution < -0.4 is 19.1 Å². The number of amides is 1. The number of thiazole rings is 1. The van der Waals surface area contributed by atoms with Gasteiger partial charge in [0.2, 0.25) is 0 Å². The van der Waals surface area contributed by atoms with Crippen LogP contribution in [0.2, 0.25) is 10.0 Å². The molecular formula is C23H25Cl2N3O4S. The van der Waals surface area contributed by atoms with Crippen molar-refractivity contribution in [1.29, 1.82) is 0 Å². The fourth-order valence-electron chi connectivity index (χ4n) is 3.49. The summed E-state index contributed by atoms with van der Waals surface area (Å²) < 4.78 is 18.0. The van der Waals surface area contributed by atoms with Gasteiger partial charge < -0.3 is 19.1 Å². The summed E-state index contributed by atoms with van der Waals surface area (Å²) in [6.45, 7) is 8.07. The molecule has 0 saturated carbocycles. The van der Waals surface area contributed by atoms with Crippen molar-refractivity contribution in [3.8, 4) is 17.2 Å². The molecule has 1 aromatic heterocycles. The smallest absolute Gasteiger partial charge is 0.266 e. The summed E-state index contributed by atoms with van der Waals surface area (Å²) >= 11 is 13.6. The number of hydrogen-bond donors (Lipinski definition) is 0. The van der Waals surface area contributed by atoms with Crippen LogP contribution in [0.3, 0.4) is 0 Å². The molecule has 2 heterocycles. The first-order chi connectivity index (χ1) is 16.0. The number of nitrogens with zero attached hydrogens (tertiary/aromatic N) is 3. The third-order valence-corrected chi connectivity index (χ3v) is 6.92. The van der Waals surface area contributed by atoms with E-state index in [0.29, 0.717) is 52.2 Å². The summed E-state index contributed by atoms with van der Waals surface area (Å²) in [4.78, 5) is 21.9. The van der Waals surface area contributed by atoms with Crippen molar-refractivity contribution in [2.24, 2.45) is 0 Å². The largest absolute Gasteiger partial charge is 0.486 e. The topological polar surface area (TPSA) is 64.1 Å². The second-order valence-corrected chi connectivity index (χ2v) is 9.25. The minimum Gasteiger partial charge on any atom is -0.486 e. The maximum atomic E-state index is 13.2. The maximum Gasteiger partial charge on any atom is 0.266 e. The number of carbonyl (C=O) groups excluding carboxylic acids is 1. The molecule has 0 spiro atoms. The van der Waals surface area contributed by atoms with Crippen LogP contribution in [0.25, 0.3) is 10.2 Å². The van der Waals surface area contributed by atoms with Gasteiger partial charge in [0.1, 0.15) is 19.0 Å². The average molecular weight is 510 g/mol. The van der Waals surface area contributed by atoms with E-state index in [0.717, 1.165) is 29.9 Å². The van der Waals surface area contributed by atoms with Gasteiger partial charge in [-0.05, 0) is 31.3 Å². The Morgan fingerprint density at radius 1 is 1.09 bits per heavy atom. The van der Waals surface area contributed by atoms with Crippen molar-refractivity contribution in [2.75, 3.05) is 50.9 Å². The molecule has 176 valence electrons. The number of rotatable bonds is 9. The first kappa shape index (κ1) is 23.9. The van der Waals surface area contributed by atoms with E-state index in [1.54, 1.807) is 23.1 Å². The van der Waals surface area contributed by atoms with Gasteiger partial charge >= 0.3 is 0 Å². The van der Waals surface area contributed by atoms with E-state index in [2.05, 4.69) is 18.7 Å². The third-order valence-electron chi connectivity index (χ3n) is 5.35. The summed E-state index contributed by atoms with van der Waals surface area (Å²) in [6.07, 6.45) is 0. The summed E-state index contributed by atoms with van der Waals surface area (Å²) in [5.74, 6) is 1.58. The summed E-state index contributed by atoms with van der Waals surface area (Å²) in [5.41, 5.74) is 0.765. The molecule has 7 nitrogen and oxygen atoms in total. The molecule has 1 aliphatic rings. The molecule has 10 heteroatoms. The lowest BCUT2D eigenvalue weighted by atomic mass is 10.3. The Balaban J connectivity index is 1.57. The summed E-state index contributed by atoms with van der Waals surface area (Å²) in [6, 6.07) is 8.69. The Bertz CT molecular complexity index is 1090. The fraction of sp³-hybridized carbons (Fsp3) is 0.391. The quantitative estimate of drug-likeness (QED) is 0.398. The number of anilines is 1. The molecule has 0 bridgehead atoms. The van der Waals surface area contributed by atoms with Gasteiger partial charge in [-0.2, -0.15) is 0 Å². The molecule has 1 aliphatic heterocycles. The molecule has 0 unspecified atom stereocenters. The van der Waals surface area contributed by atoms with E-state index in [1.807, 2.05) is 12.1 Å². The van der Waals surface area contributed by atoms with Gasteiger partial charge in [-0.25, -0.2) is 4.98 Å². The van der Waals surface area contributed by atoms with E-state index >= 15 is 0 Å². The van der Waals surface area contributed by atoms with Gasteiger partial charge in [0.05, 0.1) is 15.2 Å². The number of likely N-dealkylation sites (N-methyl/N-ethyl adjacent to an activating group) is 1. The van der Waals surface area contributed by atoms with E-state index < -0.39 is 0 Å². The molecule has 3 aromatic rings. The highest BCUT2D eigenvalue weighted by molar-refractivity contribution is 7.22. The highest BCUT2D eigenvalue weighted by atomic mass is 35.5. The number of carbonyl (C=O) groups is 1. The Morgan fingerprint density at radius 3 is 2.52 bits per heavy atom. The first-order valence-electron chi connectivity index (χ1n) is 10.8. The van der Waals surface area contributed by atoms with Gasteiger partial charge in [-0.3, -0.25) is 9.69 Å². The van der Waals surface area contributed by atoms with E-state index in [9.17, 15) is 4.79 Å². The SMILES string of the molecule is CCN(CC)CCN(C(=O)COc1ccc(Cl)cc1Cl)c1nc2cc3c(cc2s1)OCCO3. The highest BCUT2D eigenvalue weighted by Gasteiger charge is 2.23. The first-order valence-corrected chi connectivity index (χ1v) is 12.4. The standard InChI is InChI=1S/C23H25Cl2N3O4S/c1-3-27(4-2)7-8-28(22(29)14-32-18-6-5-15(24)11-16(18)25)23-26-17-12-19-20(13-21(17)33-23)31-10-9-30-19/h5-6,11-13H,3-4,7-10,14H2,1-2H3. The van der Waals surface area contributed by atoms with Crippen molar-refractivity contribution < 1.29 is 19.0 Å². The van der Waals surface area contributed by atoms with Crippen molar-refractivity contribution in [3.63, 3.8) is 0 Å². The molecule has 2 aromatic carbocycles. The Labute approximate surface area is 206 Å². The lowest BCUT2D eigenvalue weighted by Gasteiger charge is -2.24. The molecule has 1 amide bonds. The third kappa shape index (κ3) is 5.63. The van der Waals surface area contributed by atoms with E-state index in [4.69, 9.17) is 42.4 Å². The minimum absolute atomic E-state index is 0.168. The van der Waals surface area contributed by atoms with Crippen LogP contribution in [0, 0.1) is 0 Å². The van der Waals surface area contributed by atoms with Gasteiger partial charge in [0, 0.05) is 30.2 Å². The predicted octanol–water partition coefficient (Wildman–Crippen LogP) is 5.13. The molecule has 33 heavy (non-hydrogen) atoms. The molecule has 0 aliphatic carbocycles. The number of hydrogen-bond acceptors (Lipinski definition) is 7. The van der Waals surface area contributed by atoms with E-state index in [-0.39, 0.29) is 12.5 Å². The van der Waals surface area contributed by atoms with Gasteiger partial charge in [0.15, 0.2) is 23.2 Å². The van der Waals surface area contributed by atoms with Crippen LogP contribution in [-0.2, 0) is 4.79 Å². The predicted molar refractivity (Wildman–Crippen MR) is 133 cm³/mol. The number of halogens is 2. The Kier molecular flexibility index (Phi) is 7.80. The zero-order chi connectivity index (χ0) is 23.4. The lowest BCUT2D eigenvalue weighted by Crippen LogP contribution is -2.41. The Morgan fingerprint density at radius 2 is 1.82 bits per heavy atom. The van der Waals surface area contributed by atoms with Crippen LogP contribution in [0.4, 0.5) is 5.13 Å². The average Bonchev–Trinajstić information content (AvgIpc) is 3.22. The number of aromatic nitrogens is 1. The molecule has 4 rings (SSSR count). The number of benzene rings is 2. The summed E-state index contributed by atoms with van der Waals surface area (Å²) in [5, 5.41) is 1.47. The molecule has 0 saturated heterocycles. The van der Waals surface area contributed by atoms with Crippen LogP contribution in [-0.4, -0.2) is 61.8 Å². The molecule has 0 fully saturated rings. The fourth-order valence-corrected chi connectivity index (χ4v) is 4.97. The number of ether oxygens (including phenoxy) is 3. The number of fused-ring (bicyclic) bond motifs is 2. The maximum absolute atomic E-state index is 13.2. The van der Waals surface area contributed by atoms with Gasteiger partial charge in [-0.15, -0.1) is 0 Å². The van der Waals surface area contributed by atoms with Crippen LogP contribution >= 0.6 is 34.5 Å². The van der Waals surface area contributed by atoms with E-state index in [1.165, 1.54) is 11.3 Å². The van der Waals surface area contributed by atoms with Crippen molar-refractivity contribution in [2.45, 2.75) is 13.8 Å².